The molecule has 0 unspecified atom stereocenters. The minimum atomic E-state index is -1.63. The Bertz CT molecular complexity index is 1100. The Balaban J connectivity index is 1.84. The fourth-order valence-electron chi connectivity index (χ4n) is 4.12. The highest BCUT2D eigenvalue weighted by molar-refractivity contribution is 5.62. The molecule has 1 aliphatic rings. The zero-order valence-electron chi connectivity index (χ0n) is 22.3. The Morgan fingerprint density at radius 3 is 2.05 bits per heavy atom. The molecule has 0 saturated carbocycles. The van der Waals surface area contributed by atoms with E-state index in [2.05, 4.69) is 0 Å². The molecule has 0 radical (unpaired) electrons. The van der Waals surface area contributed by atoms with Crippen molar-refractivity contribution in [3.8, 4) is 28.7 Å². The summed E-state index contributed by atoms with van der Waals surface area (Å²) in [5, 5.41) is 69.9. The number of ether oxygens (including phenoxy) is 6. The van der Waals surface area contributed by atoms with Gasteiger partial charge in [-0.1, -0.05) is 18.2 Å². The zero-order chi connectivity index (χ0) is 29.4. The van der Waals surface area contributed by atoms with Gasteiger partial charge in [0.05, 0.1) is 41.2 Å². The van der Waals surface area contributed by atoms with Crippen LogP contribution >= 0.6 is 0 Å². The third-order valence-electron chi connectivity index (χ3n) is 6.32. The quantitative estimate of drug-likeness (QED) is 0.161. The van der Waals surface area contributed by atoms with Gasteiger partial charge in [-0.25, -0.2) is 0 Å². The van der Waals surface area contributed by atoms with Crippen molar-refractivity contribution in [1.82, 2.24) is 0 Å². The summed E-state index contributed by atoms with van der Waals surface area (Å²) in [6.45, 7) is -1.37. The number of aliphatic hydroxyl groups is 7. The van der Waals surface area contributed by atoms with Gasteiger partial charge in [0, 0.05) is 0 Å². The van der Waals surface area contributed by atoms with Crippen LogP contribution in [0.5, 0.6) is 28.7 Å². The second-order valence-corrected chi connectivity index (χ2v) is 8.85. The topological polar surface area (TPSA) is 197 Å². The van der Waals surface area contributed by atoms with Crippen molar-refractivity contribution in [2.45, 2.75) is 42.9 Å². The summed E-state index contributed by atoms with van der Waals surface area (Å²) >= 11 is 0. The van der Waals surface area contributed by atoms with Gasteiger partial charge < -0.3 is 64.2 Å². The molecule has 0 aliphatic carbocycles. The summed E-state index contributed by atoms with van der Waals surface area (Å²) in [5.41, 5.74) is 0.938. The third-order valence-corrected chi connectivity index (χ3v) is 6.32. The van der Waals surface area contributed by atoms with Crippen LogP contribution in [0, 0.1) is 0 Å². The van der Waals surface area contributed by atoms with Crippen LogP contribution in [-0.2, 0) is 4.74 Å². The Hall–Kier alpha value is -3.14. The van der Waals surface area contributed by atoms with Gasteiger partial charge in [0.2, 0.25) is 12.0 Å². The molecule has 7 atom stereocenters. The van der Waals surface area contributed by atoms with Gasteiger partial charge >= 0.3 is 0 Å². The molecule has 0 amide bonds. The molecule has 1 heterocycles. The van der Waals surface area contributed by atoms with E-state index in [1.165, 1.54) is 45.6 Å². The predicted molar refractivity (Wildman–Crippen MR) is 140 cm³/mol. The molecule has 1 saturated heterocycles. The van der Waals surface area contributed by atoms with Crippen LogP contribution in [0.1, 0.15) is 17.2 Å². The van der Waals surface area contributed by atoms with E-state index in [0.29, 0.717) is 5.56 Å². The second-order valence-electron chi connectivity index (χ2n) is 8.85. The average molecular weight is 569 g/mol. The molecule has 40 heavy (non-hydrogen) atoms. The fraction of sp³-hybridized carbons (Fsp3) is 0.481. The van der Waals surface area contributed by atoms with Gasteiger partial charge in [0.25, 0.3) is 0 Å². The molecule has 0 aromatic heterocycles. The van der Waals surface area contributed by atoms with Gasteiger partial charge in [-0.2, -0.15) is 0 Å². The summed E-state index contributed by atoms with van der Waals surface area (Å²) in [6.07, 6.45) is -6.75. The molecule has 0 bridgehead atoms. The fourth-order valence-corrected chi connectivity index (χ4v) is 4.12. The molecule has 2 aromatic carbocycles. The molecular weight excluding hydrogens is 532 g/mol. The molecule has 3 rings (SSSR count). The lowest BCUT2D eigenvalue weighted by Crippen LogP contribution is -2.60. The third kappa shape index (κ3) is 6.95. The van der Waals surface area contributed by atoms with Gasteiger partial charge in [0.1, 0.15) is 30.5 Å². The number of hydrogen-bond donors (Lipinski definition) is 7. The first kappa shape index (κ1) is 31.4. The number of benzene rings is 2. The van der Waals surface area contributed by atoms with Gasteiger partial charge in [-0.3, -0.25) is 0 Å². The zero-order valence-corrected chi connectivity index (χ0v) is 22.3. The lowest BCUT2D eigenvalue weighted by Gasteiger charge is -2.39. The van der Waals surface area contributed by atoms with Crippen molar-refractivity contribution in [3.05, 3.63) is 47.5 Å². The maximum absolute atomic E-state index is 11.1. The number of methoxy groups -OCH3 is 3. The van der Waals surface area contributed by atoms with E-state index >= 15 is 0 Å². The molecular formula is C27H36O13. The number of hydrogen-bond acceptors (Lipinski definition) is 13. The second kappa shape index (κ2) is 14.5. The van der Waals surface area contributed by atoms with Crippen molar-refractivity contribution in [3.63, 3.8) is 0 Å². The highest BCUT2D eigenvalue weighted by Crippen LogP contribution is 2.41. The summed E-state index contributed by atoms with van der Waals surface area (Å²) in [7, 11) is 4.18. The molecule has 2 aromatic rings. The van der Waals surface area contributed by atoms with Crippen LogP contribution in [0.3, 0.4) is 0 Å². The van der Waals surface area contributed by atoms with E-state index < -0.39 is 56.1 Å². The SMILES string of the molecule is COc1cc([C@@H](O)[C@H](CO)Oc2c(OC)cc(C=CCO)cc2OC)ccc1O[C@@H]1O[C@H](CO)[C@@H](O)[C@H](O)[C@H]1O. The van der Waals surface area contributed by atoms with Crippen LogP contribution in [0.4, 0.5) is 0 Å². The smallest absolute Gasteiger partial charge is 0.229 e. The Morgan fingerprint density at radius 2 is 1.50 bits per heavy atom. The monoisotopic (exact) mass is 568 g/mol. The first-order valence-corrected chi connectivity index (χ1v) is 12.4. The lowest BCUT2D eigenvalue weighted by molar-refractivity contribution is -0.277. The summed E-state index contributed by atoms with van der Waals surface area (Å²) in [4.78, 5) is 0. The van der Waals surface area contributed by atoms with Crippen molar-refractivity contribution in [2.75, 3.05) is 41.2 Å². The minimum absolute atomic E-state index is 0.0686. The molecule has 222 valence electrons. The normalized spacial score (nSPS) is 24.4. The molecule has 13 heteroatoms. The standard InChI is InChI=1S/C27H36O13/c1-35-17-11-15(6-7-16(17)39-27-25(34)24(33)23(32)21(13-30)40-27)22(31)20(12-29)38-26-18(36-2)9-14(5-4-8-28)10-19(26)37-3/h4-7,9-11,20-25,27-34H,8,12-13H2,1-3H3/t20-,21+,22+,23+,24-,25+,27+/m0/s1. The maximum atomic E-state index is 11.1. The summed E-state index contributed by atoms with van der Waals surface area (Å²) in [5.74, 6) is 0.852. The van der Waals surface area contributed by atoms with E-state index in [-0.39, 0.29) is 40.9 Å². The molecule has 1 aliphatic heterocycles. The largest absolute Gasteiger partial charge is 0.493 e. The van der Waals surface area contributed by atoms with E-state index in [1.807, 2.05) is 0 Å². The van der Waals surface area contributed by atoms with E-state index in [4.69, 9.17) is 33.5 Å². The lowest BCUT2D eigenvalue weighted by atomic mass is 9.99. The van der Waals surface area contributed by atoms with Crippen molar-refractivity contribution in [1.29, 1.82) is 0 Å². The first-order valence-electron chi connectivity index (χ1n) is 12.4. The summed E-state index contributed by atoms with van der Waals surface area (Å²) in [6, 6.07) is 7.58. The van der Waals surface area contributed by atoms with Crippen LogP contribution in [0.25, 0.3) is 6.08 Å². The maximum Gasteiger partial charge on any atom is 0.229 e. The van der Waals surface area contributed by atoms with E-state index in [1.54, 1.807) is 18.2 Å². The van der Waals surface area contributed by atoms with Gasteiger partial charge in [-0.15, -0.1) is 0 Å². The van der Waals surface area contributed by atoms with Gasteiger partial charge in [-0.05, 0) is 35.4 Å². The van der Waals surface area contributed by atoms with Crippen LogP contribution in [0.2, 0.25) is 0 Å². The highest BCUT2D eigenvalue weighted by Gasteiger charge is 2.45. The molecule has 13 nitrogen and oxygen atoms in total. The molecule has 7 N–H and O–H groups in total. The van der Waals surface area contributed by atoms with E-state index in [0.717, 1.165) is 0 Å². The molecule has 0 spiro atoms. The Morgan fingerprint density at radius 1 is 0.850 bits per heavy atom. The predicted octanol–water partition coefficient (Wildman–Crippen LogP) is -0.630. The average Bonchev–Trinajstić information content (AvgIpc) is 2.98. The number of aliphatic hydroxyl groups excluding tert-OH is 7. The van der Waals surface area contributed by atoms with E-state index in [9.17, 15) is 30.6 Å². The molecule has 1 fully saturated rings. The minimum Gasteiger partial charge on any atom is -0.493 e. The van der Waals surface area contributed by atoms with Crippen molar-refractivity contribution >= 4 is 6.08 Å². The highest BCUT2D eigenvalue weighted by atomic mass is 16.7. The first-order chi connectivity index (χ1) is 19.2. The Labute approximate surface area is 231 Å². The Kier molecular flexibility index (Phi) is 11.4. The van der Waals surface area contributed by atoms with Crippen molar-refractivity contribution < 1.29 is 64.2 Å². The van der Waals surface area contributed by atoms with Crippen LogP contribution < -0.4 is 23.7 Å². The van der Waals surface area contributed by atoms with Crippen LogP contribution in [-0.4, -0.2) is 114 Å². The van der Waals surface area contributed by atoms with Crippen LogP contribution in [0.15, 0.2) is 36.4 Å². The van der Waals surface area contributed by atoms with Gasteiger partial charge in [0.15, 0.2) is 29.1 Å². The summed E-state index contributed by atoms with van der Waals surface area (Å²) < 4.78 is 33.2. The van der Waals surface area contributed by atoms with Crippen molar-refractivity contribution in [2.24, 2.45) is 0 Å². The number of rotatable bonds is 13.